The normalized spacial score (nSPS) is 10.6. The number of benzene rings is 1. The quantitative estimate of drug-likeness (QED) is 0.701. The number of thiazole rings is 1. The van der Waals surface area contributed by atoms with Crippen LogP contribution in [0.25, 0.3) is 11.3 Å². The Balaban J connectivity index is 1.78. The molecule has 0 fully saturated rings. The summed E-state index contributed by atoms with van der Waals surface area (Å²) in [7, 11) is 1.65. The minimum Gasteiger partial charge on any atom is -0.496 e. The molecule has 1 aromatic carbocycles. The molecule has 0 saturated carbocycles. The number of rotatable bonds is 4. The molecule has 23 heavy (non-hydrogen) atoms. The third kappa shape index (κ3) is 3.55. The first-order chi connectivity index (χ1) is 11.1. The fraction of sp³-hybridized carbons (Fsp3) is 0.125. The van der Waals surface area contributed by atoms with Crippen LogP contribution in [0.1, 0.15) is 15.2 Å². The summed E-state index contributed by atoms with van der Waals surface area (Å²) in [5.74, 6) is 0.640. The van der Waals surface area contributed by atoms with E-state index in [1.807, 2.05) is 30.5 Å². The molecule has 0 bridgehead atoms. The highest BCUT2D eigenvalue weighted by Crippen LogP contribution is 2.29. The predicted octanol–water partition coefficient (Wildman–Crippen LogP) is 5.09. The smallest absolute Gasteiger partial charge is 0.267 e. The Morgan fingerprint density at radius 2 is 2.13 bits per heavy atom. The standard InChI is InChI=1S/C16H13ClN2O2S2/c1-9-7-10(3-4-12(9)21-2)11-8-22-16(18-11)19-15(20)13-5-6-14(17)23-13/h3-8H,1-2H3,(H,18,19,20). The van der Waals surface area contributed by atoms with Gasteiger partial charge in [0.05, 0.1) is 22.0 Å². The number of amides is 1. The average molecular weight is 365 g/mol. The lowest BCUT2D eigenvalue weighted by molar-refractivity contribution is 0.103. The van der Waals surface area contributed by atoms with E-state index in [0.29, 0.717) is 14.3 Å². The van der Waals surface area contributed by atoms with Crippen molar-refractivity contribution in [2.45, 2.75) is 6.92 Å². The van der Waals surface area contributed by atoms with Crippen LogP contribution in [0, 0.1) is 6.92 Å². The first kappa shape index (κ1) is 16.0. The number of hydrogen-bond acceptors (Lipinski definition) is 5. The van der Waals surface area contributed by atoms with Crippen LogP contribution in [0.15, 0.2) is 35.7 Å². The zero-order valence-electron chi connectivity index (χ0n) is 12.4. The Kier molecular flexibility index (Phi) is 4.66. The molecule has 0 unspecified atom stereocenters. The molecule has 7 heteroatoms. The fourth-order valence-electron chi connectivity index (χ4n) is 2.10. The van der Waals surface area contributed by atoms with Crippen molar-refractivity contribution < 1.29 is 9.53 Å². The molecule has 1 amide bonds. The van der Waals surface area contributed by atoms with Gasteiger partial charge in [-0.1, -0.05) is 11.6 Å². The molecule has 4 nitrogen and oxygen atoms in total. The number of hydrogen-bond donors (Lipinski definition) is 1. The third-order valence-corrected chi connectivity index (χ3v) is 5.20. The minimum absolute atomic E-state index is 0.200. The predicted molar refractivity (Wildman–Crippen MR) is 96.1 cm³/mol. The van der Waals surface area contributed by atoms with Gasteiger partial charge in [0.15, 0.2) is 5.13 Å². The molecule has 0 spiro atoms. The highest BCUT2D eigenvalue weighted by Gasteiger charge is 2.12. The van der Waals surface area contributed by atoms with Crippen molar-refractivity contribution in [1.29, 1.82) is 0 Å². The van der Waals surface area contributed by atoms with Gasteiger partial charge in [0.25, 0.3) is 5.91 Å². The van der Waals surface area contributed by atoms with Crippen LogP contribution in [-0.4, -0.2) is 18.0 Å². The molecule has 1 N–H and O–H groups in total. The molecule has 0 atom stereocenters. The Morgan fingerprint density at radius 1 is 1.30 bits per heavy atom. The Labute approximate surface area is 146 Å². The average Bonchev–Trinajstić information content (AvgIpc) is 3.16. The van der Waals surface area contributed by atoms with Crippen molar-refractivity contribution in [3.8, 4) is 17.0 Å². The van der Waals surface area contributed by atoms with Gasteiger partial charge >= 0.3 is 0 Å². The van der Waals surface area contributed by atoms with Gasteiger partial charge in [-0.05, 0) is 42.8 Å². The summed E-state index contributed by atoms with van der Waals surface area (Å²) < 4.78 is 5.85. The Morgan fingerprint density at radius 3 is 2.78 bits per heavy atom. The second-order valence-electron chi connectivity index (χ2n) is 4.78. The van der Waals surface area contributed by atoms with E-state index in [4.69, 9.17) is 16.3 Å². The summed E-state index contributed by atoms with van der Waals surface area (Å²) in [5.41, 5.74) is 2.84. The number of carbonyl (C=O) groups excluding carboxylic acids is 1. The van der Waals surface area contributed by atoms with E-state index in [1.165, 1.54) is 22.7 Å². The van der Waals surface area contributed by atoms with Crippen molar-refractivity contribution in [2.75, 3.05) is 12.4 Å². The van der Waals surface area contributed by atoms with Crippen molar-refractivity contribution >= 4 is 45.3 Å². The largest absolute Gasteiger partial charge is 0.496 e. The Hall–Kier alpha value is -1.89. The number of carbonyl (C=O) groups is 1. The van der Waals surface area contributed by atoms with E-state index < -0.39 is 0 Å². The maximum Gasteiger partial charge on any atom is 0.267 e. The molecule has 0 aliphatic rings. The van der Waals surface area contributed by atoms with E-state index in [0.717, 1.165) is 22.6 Å². The molecular formula is C16H13ClN2O2S2. The number of ether oxygens (including phenoxy) is 1. The summed E-state index contributed by atoms with van der Waals surface area (Å²) in [6.07, 6.45) is 0. The highest BCUT2D eigenvalue weighted by atomic mass is 35.5. The molecule has 2 aromatic heterocycles. The highest BCUT2D eigenvalue weighted by molar-refractivity contribution is 7.18. The van der Waals surface area contributed by atoms with E-state index >= 15 is 0 Å². The van der Waals surface area contributed by atoms with Gasteiger partial charge < -0.3 is 4.74 Å². The lowest BCUT2D eigenvalue weighted by atomic mass is 10.1. The van der Waals surface area contributed by atoms with Crippen LogP contribution in [-0.2, 0) is 0 Å². The Bertz CT molecular complexity index is 857. The van der Waals surface area contributed by atoms with Gasteiger partial charge in [-0.15, -0.1) is 22.7 Å². The number of methoxy groups -OCH3 is 1. The second-order valence-corrected chi connectivity index (χ2v) is 7.35. The van der Waals surface area contributed by atoms with Gasteiger partial charge in [0.2, 0.25) is 0 Å². The molecule has 2 heterocycles. The zero-order chi connectivity index (χ0) is 16.4. The van der Waals surface area contributed by atoms with E-state index in [9.17, 15) is 4.79 Å². The molecule has 0 aliphatic carbocycles. The van der Waals surface area contributed by atoms with Crippen molar-refractivity contribution in [1.82, 2.24) is 4.98 Å². The van der Waals surface area contributed by atoms with Gasteiger partial charge in [0.1, 0.15) is 5.75 Å². The molecule has 0 radical (unpaired) electrons. The molecule has 118 valence electrons. The van der Waals surface area contributed by atoms with E-state index in [-0.39, 0.29) is 5.91 Å². The van der Waals surface area contributed by atoms with Gasteiger partial charge in [-0.25, -0.2) is 4.98 Å². The lowest BCUT2D eigenvalue weighted by Gasteiger charge is -2.05. The first-order valence-corrected chi connectivity index (χ1v) is 8.81. The lowest BCUT2D eigenvalue weighted by Crippen LogP contribution is -2.09. The second kappa shape index (κ2) is 6.70. The monoisotopic (exact) mass is 364 g/mol. The van der Waals surface area contributed by atoms with Gasteiger partial charge in [0, 0.05) is 10.9 Å². The fourth-order valence-corrected chi connectivity index (χ4v) is 3.75. The van der Waals surface area contributed by atoms with Crippen LogP contribution in [0.4, 0.5) is 5.13 Å². The summed E-state index contributed by atoms with van der Waals surface area (Å²) >= 11 is 8.47. The molecule has 0 saturated heterocycles. The van der Waals surface area contributed by atoms with E-state index in [2.05, 4.69) is 10.3 Å². The number of aromatic nitrogens is 1. The number of anilines is 1. The van der Waals surface area contributed by atoms with Crippen molar-refractivity contribution in [2.24, 2.45) is 0 Å². The van der Waals surface area contributed by atoms with Crippen LogP contribution in [0.2, 0.25) is 4.34 Å². The number of nitrogens with one attached hydrogen (secondary N) is 1. The van der Waals surface area contributed by atoms with Crippen LogP contribution in [0.3, 0.4) is 0 Å². The minimum atomic E-state index is -0.200. The number of nitrogens with zero attached hydrogens (tertiary/aromatic N) is 1. The van der Waals surface area contributed by atoms with Crippen molar-refractivity contribution in [3.05, 3.63) is 50.5 Å². The van der Waals surface area contributed by atoms with Crippen molar-refractivity contribution in [3.63, 3.8) is 0 Å². The van der Waals surface area contributed by atoms with Gasteiger partial charge in [-0.3, -0.25) is 10.1 Å². The first-order valence-electron chi connectivity index (χ1n) is 6.74. The summed E-state index contributed by atoms with van der Waals surface area (Å²) in [5, 5.41) is 5.27. The molecule has 3 aromatic rings. The van der Waals surface area contributed by atoms with Crippen LogP contribution < -0.4 is 10.1 Å². The summed E-state index contributed by atoms with van der Waals surface area (Å²) in [6, 6.07) is 9.28. The summed E-state index contributed by atoms with van der Waals surface area (Å²) in [6.45, 7) is 1.98. The SMILES string of the molecule is COc1ccc(-c2csc(NC(=O)c3ccc(Cl)s3)n2)cc1C. The zero-order valence-corrected chi connectivity index (χ0v) is 14.8. The molecule has 0 aliphatic heterocycles. The van der Waals surface area contributed by atoms with Crippen LogP contribution in [0.5, 0.6) is 5.75 Å². The third-order valence-electron chi connectivity index (χ3n) is 3.21. The summed E-state index contributed by atoms with van der Waals surface area (Å²) in [4.78, 5) is 17.1. The number of thiophene rings is 1. The number of halogens is 1. The topological polar surface area (TPSA) is 51.2 Å². The maximum absolute atomic E-state index is 12.1. The van der Waals surface area contributed by atoms with Crippen LogP contribution >= 0.6 is 34.3 Å². The van der Waals surface area contributed by atoms with Gasteiger partial charge in [-0.2, -0.15) is 0 Å². The maximum atomic E-state index is 12.1. The molecule has 3 rings (SSSR count). The number of aryl methyl sites for hydroxylation is 1. The molecular weight excluding hydrogens is 352 g/mol. The van der Waals surface area contributed by atoms with E-state index in [1.54, 1.807) is 19.2 Å².